The smallest absolute Gasteiger partial charge is 0.267 e. The van der Waals surface area contributed by atoms with Gasteiger partial charge in [-0.15, -0.1) is 5.10 Å². The number of carbonyl (C=O) groups excluding carboxylic acids is 1. The fourth-order valence-electron chi connectivity index (χ4n) is 3.43. The number of hydrogen-bond donors (Lipinski definition) is 0. The lowest BCUT2D eigenvalue weighted by atomic mass is 10.2. The maximum Gasteiger partial charge on any atom is 0.267 e. The zero-order valence-electron chi connectivity index (χ0n) is 15.7. The van der Waals surface area contributed by atoms with Gasteiger partial charge in [0.25, 0.3) is 5.91 Å². The second-order valence-electron chi connectivity index (χ2n) is 6.99. The molecule has 10 heteroatoms. The average Bonchev–Trinajstić information content (AvgIpc) is 3.14. The molecule has 0 unspecified atom stereocenters. The summed E-state index contributed by atoms with van der Waals surface area (Å²) in [7, 11) is 2.15. The van der Waals surface area contributed by atoms with Crippen LogP contribution in [0.5, 0.6) is 0 Å². The second-order valence-corrected chi connectivity index (χ2v) is 7.75. The molecule has 0 atom stereocenters. The number of nitrogens with zero attached hydrogens (tertiary/aromatic N) is 8. The second kappa shape index (κ2) is 7.73. The highest BCUT2D eigenvalue weighted by atomic mass is 32.1. The van der Waals surface area contributed by atoms with E-state index < -0.39 is 0 Å². The van der Waals surface area contributed by atoms with Crippen LogP contribution in [0.1, 0.15) is 15.4 Å². The largest absolute Gasteiger partial charge is 0.354 e. The fourth-order valence-corrected chi connectivity index (χ4v) is 4.05. The first-order valence-corrected chi connectivity index (χ1v) is 9.98. The molecule has 144 valence electrons. The van der Waals surface area contributed by atoms with Crippen molar-refractivity contribution in [1.82, 2.24) is 29.4 Å². The summed E-state index contributed by atoms with van der Waals surface area (Å²) in [5.41, 5.74) is 0.708. The Labute approximate surface area is 162 Å². The average molecular weight is 389 g/mol. The molecule has 0 aromatic carbocycles. The minimum Gasteiger partial charge on any atom is -0.354 e. The van der Waals surface area contributed by atoms with Gasteiger partial charge >= 0.3 is 0 Å². The van der Waals surface area contributed by atoms with E-state index in [4.69, 9.17) is 0 Å². The Bertz CT molecular complexity index is 796. The molecule has 0 radical (unpaired) electrons. The Balaban J connectivity index is 1.39. The number of likely N-dealkylation sites (N-methyl/N-ethyl adjacent to an activating group) is 1. The number of hydrogen-bond acceptors (Lipinski definition) is 9. The van der Waals surface area contributed by atoms with Crippen molar-refractivity contribution in [2.45, 2.75) is 6.92 Å². The van der Waals surface area contributed by atoms with Crippen LogP contribution in [0.15, 0.2) is 12.4 Å². The van der Waals surface area contributed by atoms with Gasteiger partial charge in [-0.05, 0) is 25.5 Å². The molecule has 0 spiro atoms. The first-order chi connectivity index (χ1) is 13.1. The van der Waals surface area contributed by atoms with Gasteiger partial charge in [0.2, 0.25) is 0 Å². The predicted molar refractivity (Wildman–Crippen MR) is 105 cm³/mol. The number of amides is 1. The standard InChI is InChI=1S/C17H24N8OS/c1-13-16(27-21-20-13)17(26)25-9-7-24(8-10-25)15-11-14(18-12-19-15)23-5-3-22(2)4-6-23/h11-12H,3-10H2,1-2H3. The maximum absolute atomic E-state index is 12.6. The zero-order valence-corrected chi connectivity index (χ0v) is 16.5. The molecule has 1 amide bonds. The van der Waals surface area contributed by atoms with Crippen LogP contribution in [-0.2, 0) is 0 Å². The van der Waals surface area contributed by atoms with Gasteiger partial charge in [-0.25, -0.2) is 9.97 Å². The molecule has 2 aromatic heterocycles. The number of anilines is 2. The molecular formula is C17H24N8OS. The fraction of sp³-hybridized carbons (Fsp3) is 0.588. The Morgan fingerprint density at radius 1 is 0.963 bits per heavy atom. The zero-order chi connectivity index (χ0) is 18.8. The summed E-state index contributed by atoms with van der Waals surface area (Å²) in [6, 6.07) is 2.07. The third-order valence-electron chi connectivity index (χ3n) is 5.20. The maximum atomic E-state index is 12.6. The highest BCUT2D eigenvalue weighted by Gasteiger charge is 2.26. The number of carbonyl (C=O) groups is 1. The summed E-state index contributed by atoms with van der Waals surface area (Å²) < 4.78 is 3.87. The molecule has 4 rings (SSSR count). The number of aryl methyl sites for hydroxylation is 1. The van der Waals surface area contributed by atoms with Crippen molar-refractivity contribution in [1.29, 1.82) is 0 Å². The van der Waals surface area contributed by atoms with Crippen LogP contribution in [0, 0.1) is 6.92 Å². The Kier molecular flexibility index (Phi) is 5.17. The van der Waals surface area contributed by atoms with Gasteiger partial charge in [0.15, 0.2) is 0 Å². The van der Waals surface area contributed by atoms with Crippen molar-refractivity contribution in [3.05, 3.63) is 23.0 Å². The Hall–Kier alpha value is -2.33. The summed E-state index contributed by atoms with van der Waals surface area (Å²) in [4.78, 5) is 30.9. The molecular weight excluding hydrogens is 364 g/mol. The number of aromatic nitrogens is 4. The molecule has 0 bridgehead atoms. The third-order valence-corrected chi connectivity index (χ3v) is 6.02. The van der Waals surface area contributed by atoms with Crippen LogP contribution in [-0.4, -0.2) is 94.7 Å². The molecule has 2 aliphatic heterocycles. The normalized spacial score (nSPS) is 18.8. The quantitative estimate of drug-likeness (QED) is 0.745. The molecule has 2 aliphatic rings. The van der Waals surface area contributed by atoms with E-state index in [1.165, 1.54) is 11.5 Å². The van der Waals surface area contributed by atoms with Gasteiger partial charge < -0.3 is 19.6 Å². The van der Waals surface area contributed by atoms with Crippen molar-refractivity contribution < 1.29 is 4.79 Å². The van der Waals surface area contributed by atoms with E-state index >= 15 is 0 Å². The summed E-state index contributed by atoms with van der Waals surface area (Å²) in [6.07, 6.45) is 1.65. The van der Waals surface area contributed by atoms with Gasteiger partial charge in [0.1, 0.15) is 22.8 Å². The van der Waals surface area contributed by atoms with E-state index in [2.05, 4.69) is 47.4 Å². The molecule has 4 heterocycles. The lowest BCUT2D eigenvalue weighted by molar-refractivity contribution is 0.0750. The molecule has 27 heavy (non-hydrogen) atoms. The van der Waals surface area contributed by atoms with Gasteiger partial charge in [-0.3, -0.25) is 4.79 Å². The molecule has 9 nitrogen and oxygen atoms in total. The summed E-state index contributed by atoms with van der Waals surface area (Å²) in [5.74, 6) is 1.95. The SMILES string of the molecule is Cc1nnsc1C(=O)N1CCN(c2cc(N3CCN(C)CC3)ncn2)CC1. The predicted octanol–water partition coefficient (Wildman–Crippen LogP) is 0.351. The number of piperazine rings is 2. The van der Waals surface area contributed by atoms with Crippen molar-refractivity contribution >= 4 is 29.1 Å². The van der Waals surface area contributed by atoms with E-state index in [9.17, 15) is 4.79 Å². The highest BCUT2D eigenvalue weighted by Crippen LogP contribution is 2.21. The number of rotatable bonds is 3. The van der Waals surface area contributed by atoms with E-state index in [1.807, 2.05) is 11.8 Å². The van der Waals surface area contributed by atoms with E-state index in [1.54, 1.807) is 6.33 Å². The summed E-state index contributed by atoms with van der Waals surface area (Å²) in [5, 5.41) is 3.94. The van der Waals surface area contributed by atoms with Crippen LogP contribution in [0.25, 0.3) is 0 Å². The summed E-state index contributed by atoms with van der Waals surface area (Å²) >= 11 is 1.17. The van der Waals surface area contributed by atoms with Gasteiger partial charge in [0, 0.05) is 58.4 Å². The van der Waals surface area contributed by atoms with Crippen molar-refractivity contribution in [3.8, 4) is 0 Å². The molecule has 0 aliphatic carbocycles. The minimum atomic E-state index is 0.0305. The van der Waals surface area contributed by atoms with Crippen molar-refractivity contribution in [2.75, 3.05) is 69.2 Å². The van der Waals surface area contributed by atoms with Gasteiger partial charge in [-0.1, -0.05) is 4.49 Å². The van der Waals surface area contributed by atoms with Crippen LogP contribution >= 0.6 is 11.5 Å². The van der Waals surface area contributed by atoms with Crippen molar-refractivity contribution in [2.24, 2.45) is 0 Å². The van der Waals surface area contributed by atoms with Crippen LogP contribution < -0.4 is 9.80 Å². The lowest BCUT2D eigenvalue weighted by Crippen LogP contribution is -2.49. The summed E-state index contributed by atoms with van der Waals surface area (Å²) in [6.45, 7) is 8.75. The molecule has 2 fully saturated rings. The van der Waals surface area contributed by atoms with E-state index in [0.29, 0.717) is 23.7 Å². The monoisotopic (exact) mass is 388 g/mol. The Morgan fingerprint density at radius 2 is 1.56 bits per heavy atom. The van der Waals surface area contributed by atoms with Gasteiger partial charge in [0.05, 0.1) is 5.69 Å². The van der Waals surface area contributed by atoms with Gasteiger partial charge in [-0.2, -0.15) is 0 Å². The lowest BCUT2D eigenvalue weighted by Gasteiger charge is -2.36. The van der Waals surface area contributed by atoms with Crippen LogP contribution in [0.4, 0.5) is 11.6 Å². The molecule has 0 N–H and O–H groups in total. The first-order valence-electron chi connectivity index (χ1n) is 9.20. The van der Waals surface area contributed by atoms with Crippen molar-refractivity contribution in [3.63, 3.8) is 0 Å². The molecule has 2 aromatic rings. The van der Waals surface area contributed by atoms with E-state index in [-0.39, 0.29) is 5.91 Å². The van der Waals surface area contributed by atoms with Crippen LogP contribution in [0.2, 0.25) is 0 Å². The molecule has 0 saturated carbocycles. The first kappa shape index (κ1) is 18.1. The van der Waals surface area contributed by atoms with E-state index in [0.717, 1.165) is 50.9 Å². The Morgan fingerprint density at radius 3 is 2.11 bits per heavy atom. The topological polar surface area (TPSA) is 81.6 Å². The molecule has 2 saturated heterocycles. The highest BCUT2D eigenvalue weighted by molar-refractivity contribution is 7.07. The third kappa shape index (κ3) is 3.86. The minimum absolute atomic E-state index is 0.0305. The van der Waals surface area contributed by atoms with Crippen LogP contribution in [0.3, 0.4) is 0 Å².